The average Bonchev–Trinajstić information content (AvgIpc) is 2.34. The van der Waals surface area contributed by atoms with Crippen molar-refractivity contribution in [2.24, 2.45) is 5.84 Å². The standard InChI is InChI=1S/C13H20BrFN2O2/c1-3-18-13(19-4-2)12(17-16)7-9-5-10(14)8-11(15)6-9/h5-6,8,12-13,17H,3-4,7,16H2,1-2H3. The van der Waals surface area contributed by atoms with Gasteiger partial charge in [0, 0.05) is 17.7 Å². The summed E-state index contributed by atoms with van der Waals surface area (Å²) in [6.07, 6.45) is 0.0550. The van der Waals surface area contributed by atoms with Crippen molar-refractivity contribution in [1.82, 2.24) is 5.43 Å². The lowest BCUT2D eigenvalue weighted by Crippen LogP contribution is -2.48. The van der Waals surface area contributed by atoms with Gasteiger partial charge in [0.25, 0.3) is 0 Å². The fourth-order valence-corrected chi connectivity index (χ4v) is 2.34. The van der Waals surface area contributed by atoms with Gasteiger partial charge in [-0.05, 0) is 44.0 Å². The Labute approximate surface area is 121 Å². The van der Waals surface area contributed by atoms with Crippen LogP contribution in [0.1, 0.15) is 19.4 Å². The lowest BCUT2D eigenvalue weighted by molar-refractivity contribution is -0.153. The molecule has 0 amide bonds. The van der Waals surface area contributed by atoms with Gasteiger partial charge in [0.2, 0.25) is 0 Å². The van der Waals surface area contributed by atoms with E-state index in [0.29, 0.717) is 24.1 Å². The summed E-state index contributed by atoms with van der Waals surface area (Å²) in [6, 6.07) is 4.50. The fourth-order valence-electron chi connectivity index (χ4n) is 1.83. The molecule has 0 radical (unpaired) electrons. The first-order valence-electron chi connectivity index (χ1n) is 6.25. The lowest BCUT2D eigenvalue weighted by atomic mass is 10.1. The number of nitrogens with two attached hydrogens (primary N) is 1. The molecular weight excluding hydrogens is 315 g/mol. The average molecular weight is 335 g/mol. The number of benzene rings is 1. The summed E-state index contributed by atoms with van der Waals surface area (Å²) in [7, 11) is 0. The van der Waals surface area contributed by atoms with Crippen LogP contribution in [0.5, 0.6) is 0 Å². The quantitative estimate of drug-likeness (QED) is 0.435. The van der Waals surface area contributed by atoms with Crippen LogP contribution in [0.4, 0.5) is 4.39 Å². The second kappa shape index (κ2) is 8.60. The molecular formula is C13H20BrFN2O2. The summed E-state index contributed by atoms with van der Waals surface area (Å²) in [5.74, 6) is 5.26. The van der Waals surface area contributed by atoms with Gasteiger partial charge in [0.1, 0.15) is 5.82 Å². The smallest absolute Gasteiger partial charge is 0.174 e. The molecule has 1 aromatic rings. The van der Waals surface area contributed by atoms with Gasteiger partial charge >= 0.3 is 0 Å². The van der Waals surface area contributed by atoms with Crippen molar-refractivity contribution in [3.63, 3.8) is 0 Å². The van der Waals surface area contributed by atoms with Crippen LogP contribution in [-0.2, 0) is 15.9 Å². The largest absolute Gasteiger partial charge is 0.351 e. The SMILES string of the molecule is CCOC(OCC)C(Cc1cc(F)cc(Br)c1)NN. The van der Waals surface area contributed by atoms with E-state index in [4.69, 9.17) is 15.3 Å². The Kier molecular flexibility index (Phi) is 7.48. The number of hydrogen-bond acceptors (Lipinski definition) is 4. The molecule has 0 aliphatic heterocycles. The minimum absolute atomic E-state index is 0.242. The monoisotopic (exact) mass is 334 g/mol. The van der Waals surface area contributed by atoms with Crippen LogP contribution in [0.3, 0.4) is 0 Å². The van der Waals surface area contributed by atoms with Gasteiger partial charge in [-0.2, -0.15) is 0 Å². The summed E-state index contributed by atoms with van der Waals surface area (Å²) in [6.45, 7) is 4.82. The minimum atomic E-state index is -0.456. The first-order chi connectivity index (χ1) is 9.10. The van der Waals surface area contributed by atoms with Crippen molar-refractivity contribution in [2.75, 3.05) is 13.2 Å². The maximum Gasteiger partial charge on any atom is 0.174 e. The third-order valence-electron chi connectivity index (χ3n) is 2.58. The van der Waals surface area contributed by atoms with E-state index in [9.17, 15) is 4.39 Å². The molecule has 3 N–H and O–H groups in total. The Bertz CT molecular complexity index is 367. The summed E-state index contributed by atoms with van der Waals surface area (Å²) in [5, 5.41) is 0. The molecule has 0 aliphatic rings. The molecule has 0 aliphatic carbocycles. The molecule has 0 fully saturated rings. The van der Waals surface area contributed by atoms with Crippen molar-refractivity contribution < 1.29 is 13.9 Å². The molecule has 108 valence electrons. The molecule has 0 saturated heterocycles. The van der Waals surface area contributed by atoms with E-state index in [2.05, 4.69) is 21.4 Å². The molecule has 0 aromatic heterocycles. The van der Waals surface area contributed by atoms with Crippen LogP contribution < -0.4 is 11.3 Å². The van der Waals surface area contributed by atoms with Gasteiger partial charge in [0.15, 0.2) is 6.29 Å². The fraction of sp³-hybridized carbons (Fsp3) is 0.538. The highest BCUT2D eigenvalue weighted by molar-refractivity contribution is 9.10. The van der Waals surface area contributed by atoms with Crippen LogP contribution in [0.15, 0.2) is 22.7 Å². The first-order valence-corrected chi connectivity index (χ1v) is 7.04. The van der Waals surface area contributed by atoms with Crippen LogP contribution in [0.2, 0.25) is 0 Å². The van der Waals surface area contributed by atoms with Crippen molar-refractivity contribution >= 4 is 15.9 Å². The van der Waals surface area contributed by atoms with Crippen LogP contribution >= 0.6 is 15.9 Å². The van der Waals surface area contributed by atoms with E-state index >= 15 is 0 Å². The Balaban J connectivity index is 2.78. The molecule has 4 nitrogen and oxygen atoms in total. The summed E-state index contributed by atoms with van der Waals surface area (Å²) in [4.78, 5) is 0. The van der Waals surface area contributed by atoms with Crippen molar-refractivity contribution in [2.45, 2.75) is 32.6 Å². The Morgan fingerprint density at radius 2 is 1.89 bits per heavy atom. The number of nitrogens with one attached hydrogen (secondary N) is 1. The molecule has 0 saturated carbocycles. The Hall–Kier alpha value is -0.530. The normalized spacial score (nSPS) is 12.9. The summed E-state index contributed by atoms with van der Waals surface area (Å²) >= 11 is 3.27. The van der Waals surface area contributed by atoms with Gasteiger partial charge in [-0.15, -0.1) is 0 Å². The number of rotatable bonds is 8. The Morgan fingerprint density at radius 3 is 2.37 bits per heavy atom. The zero-order valence-corrected chi connectivity index (χ0v) is 12.7. The molecule has 19 heavy (non-hydrogen) atoms. The van der Waals surface area contributed by atoms with Crippen LogP contribution in [0.25, 0.3) is 0 Å². The molecule has 0 bridgehead atoms. The van der Waals surface area contributed by atoms with Gasteiger partial charge in [-0.25, -0.2) is 4.39 Å². The van der Waals surface area contributed by atoms with E-state index in [0.717, 1.165) is 5.56 Å². The van der Waals surface area contributed by atoms with Gasteiger partial charge in [0.05, 0.1) is 6.04 Å². The molecule has 6 heteroatoms. The lowest BCUT2D eigenvalue weighted by Gasteiger charge is -2.26. The van der Waals surface area contributed by atoms with E-state index in [1.165, 1.54) is 12.1 Å². The highest BCUT2D eigenvalue weighted by atomic mass is 79.9. The van der Waals surface area contributed by atoms with Crippen LogP contribution in [-0.4, -0.2) is 25.5 Å². The van der Waals surface area contributed by atoms with Crippen molar-refractivity contribution in [3.8, 4) is 0 Å². The maximum atomic E-state index is 13.3. The third kappa shape index (κ3) is 5.54. The van der Waals surface area contributed by atoms with E-state index < -0.39 is 6.29 Å². The van der Waals surface area contributed by atoms with E-state index in [1.54, 1.807) is 0 Å². The molecule has 0 heterocycles. The van der Waals surface area contributed by atoms with Crippen molar-refractivity contribution in [1.29, 1.82) is 0 Å². The predicted octanol–water partition coefficient (Wildman–Crippen LogP) is 2.36. The second-order valence-electron chi connectivity index (χ2n) is 4.03. The predicted molar refractivity (Wildman–Crippen MR) is 76.0 cm³/mol. The number of halogens is 2. The highest BCUT2D eigenvalue weighted by Crippen LogP contribution is 2.17. The maximum absolute atomic E-state index is 13.3. The molecule has 1 unspecified atom stereocenters. The minimum Gasteiger partial charge on any atom is -0.351 e. The second-order valence-corrected chi connectivity index (χ2v) is 4.95. The third-order valence-corrected chi connectivity index (χ3v) is 3.04. The molecule has 1 atom stereocenters. The first kappa shape index (κ1) is 16.5. The topological polar surface area (TPSA) is 56.5 Å². The van der Waals surface area contributed by atoms with Crippen molar-refractivity contribution in [3.05, 3.63) is 34.1 Å². The number of hydrogen-bond donors (Lipinski definition) is 2. The summed E-state index contributed by atoms with van der Waals surface area (Å²) < 4.78 is 25.0. The van der Waals surface area contributed by atoms with Crippen LogP contribution in [0, 0.1) is 5.82 Å². The van der Waals surface area contributed by atoms with Gasteiger partial charge in [-0.3, -0.25) is 11.3 Å². The Morgan fingerprint density at radius 1 is 1.26 bits per heavy atom. The van der Waals surface area contributed by atoms with Gasteiger partial charge < -0.3 is 9.47 Å². The van der Waals surface area contributed by atoms with E-state index in [1.807, 2.05) is 19.9 Å². The molecule has 0 spiro atoms. The molecule has 1 aromatic carbocycles. The molecule has 1 rings (SSSR count). The zero-order valence-electron chi connectivity index (χ0n) is 11.2. The van der Waals surface area contributed by atoms with Gasteiger partial charge in [-0.1, -0.05) is 15.9 Å². The number of ether oxygens (including phenoxy) is 2. The number of hydrazine groups is 1. The zero-order chi connectivity index (χ0) is 14.3. The van der Waals surface area contributed by atoms with E-state index in [-0.39, 0.29) is 11.9 Å². The summed E-state index contributed by atoms with van der Waals surface area (Å²) in [5.41, 5.74) is 3.49. The highest BCUT2D eigenvalue weighted by Gasteiger charge is 2.21.